The lowest BCUT2D eigenvalue weighted by Crippen LogP contribution is -1.99. The third-order valence-corrected chi connectivity index (χ3v) is 9.97. The maximum absolute atomic E-state index is 5.33. The standard InChI is InChI=1S/C48H31N3/c1-3-15-33(16-4-1)42-24-13-25-43(49-42)48-50-44-31-36(28-29-45(44)51(48)37-18-5-2-6-19-37)47-40-22-11-9-20-38(40)46(39-21-10-12-23-41(39)47)35-27-26-32-14-7-8-17-34(32)30-35/h1-31H. The largest absolute Gasteiger partial charge is 0.291 e. The van der Waals surface area contributed by atoms with Crippen LogP contribution in [-0.2, 0) is 0 Å². The van der Waals surface area contributed by atoms with Crippen LogP contribution >= 0.6 is 0 Å². The van der Waals surface area contributed by atoms with Crippen LogP contribution in [0.3, 0.4) is 0 Å². The molecule has 0 saturated carbocycles. The summed E-state index contributed by atoms with van der Waals surface area (Å²) in [6, 6.07) is 66.8. The molecule has 0 aliphatic heterocycles. The van der Waals surface area contributed by atoms with E-state index in [4.69, 9.17) is 9.97 Å². The SMILES string of the molecule is c1ccc(-c2cccc(-c3nc4cc(-c5c6ccccc6c(-c6ccc7ccccc7c6)c6ccccc56)ccc4n3-c3ccccc3)n2)cc1. The number of rotatable bonds is 5. The number of nitrogens with zero attached hydrogens (tertiary/aromatic N) is 3. The Kier molecular flexibility index (Phi) is 6.81. The van der Waals surface area contributed by atoms with Crippen molar-refractivity contribution < 1.29 is 0 Å². The highest BCUT2D eigenvalue weighted by Crippen LogP contribution is 2.45. The molecule has 0 amide bonds. The molecule has 0 spiro atoms. The summed E-state index contributed by atoms with van der Waals surface area (Å²) in [5, 5.41) is 7.40. The van der Waals surface area contributed by atoms with Crippen LogP contribution in [0.2, 0.25) is 0 Å². The van der Waals surface area contributed by atoms with E-state index >= 15 is 0 Å². The second-order valence-corrected chi connectivity index (χ2v) is 13.0. The molecule has 0 fully saturated rings. The highest BCUT2D eigenvalue weighted by atomic mass is 15.1. The molecule has 0 radical (unpaired) electrons. The van der Waals surface area contributed by atoms with Gasteiger partial charge in [0, 0.05) is 11.3 Å². The Morgan fingerprint density at radius 3 is 1.59 bits per heavy atom. The quantitative estimate of drug-likeness (QED) is 0.174. The lowest BCUT2D eigenvalue weighted by Gasteiger charge is -2.18. The first-order chi connectivity index (χ1) is 25.3. The van der Waals surface area contributed by atoms with Crippen molar-refractivity contribution in [1.29, 1.82) is 0 Å². The van der Waals surface area contributed by atoms with E-state index < -0.39 is 0 Å². The highest BCUT2D eigenvalue weighted by Gasteiger charge is 2.20. The summed E-state index contributed by atoms with van der Waals surface area (Å²) in [5.41, 5.74) is 10.7. The third kappa shape index (κ3) is 4.90. The molecule has 0 aliphatic carbocycles. The van der Waals surface area contributed by atoms with Gasteiger partial charge < -0.3 is 0 Å². The summed E-state index contributed by atoms with van der Waals surface area (Å²) in [4.78, 5) is 10.5. The van der Waals surface area contributed by atoms with Crippen LogP contribution in [0, 0.1) is 0 Å². The van der Waals surface area contributed by atoms with Gasteiger partial charge >= 0.3 is 0 Å². The number of hydrogen-bond acceptors (Lipinski definition) is 2. The van der Waals surface area contributed by atoms with Crippen LogP contribution < -0.4 is 0 Å². The zero-order valence-electron chi connectivity index (χ0n) is 27.7. The van der Waals surface area contributed by atoms with Crippen molar-refractivity contribution in [2.75, 3.05) is 0 Å². The lowest BCUT2D eigenvalue weighted by molar-refractivity contribution is 1.08. The molecule has 10 rings (SSSR count). The monoisotopic (exact) mass is 649 g/mol. The van der Waals surface area contributed by atoms with Gasteiger partial charge in [-0.15, -0.1) is 0 Å². The van der Waals surface area contributed by atoms with Gasteiger partial charge in [0.05, 0.1) is 16.7 Å². The van der Waals surface area contributed by atoms with Gasteiger partial charge in [0.1, 0.15) is 5.69 Å². The molecule has 0 atom stereocenters. The summed E-state index contributed by atoms with van der Waals surface area (Å²) < 4.78 is 2.23. The number of aromatic nitrogens is 3. The van der Waals surface area contributed by atoms with Gasteiger partial charge in [0.15, 0.2) is 5.82 Å². The Hall–Kier alpha value is -6.84. The molecule has 2 aromatic heterocycles. The van der Waals surface area contributed by atoms with Crippen LogP contribution in [0.25, 0.3) is 94.1 Å². The second kappa shape index (κ2) is 11.9. The maximum Gasteiger partial charge on any atom is 0.164 e. The molecule has 51 heavy (non-hydrogen) atoms. The summed E-state index contributed by atoms with van der Waals surface area (Å²) in [7, 11) is 0. The maximum atomic E-state index is 5.33. The van der Waals surface area contributed by atoms with Gasteiger partial charge in [-0.05, 0) is 97.0 Å². The average Bonchev–Trinajstić information content (AvgIpc) is 3.59. The van der Waals surface area contributed by atoms with Gasteiger partial charge in [0.2, 0.25) is 0 Å². The number of fused-ring (bicyclic) bond motifs is 4. The van der Waals surface area contributed by atoms with Gasteiger partial charge in [-0.2, -0.15) is 0 Å². The summed E-state index contributed by atoms with van der Waals surface area (Å²) in [5.74, 6) is 0.812. The smallest absolute Gasteiger partial charge is 0.164 e. The number of benzene rings is 8. The van der Waals surface area contributed by atoms with Crippen molar-refractivity contribution in [3.63, 3.8) is 0 Å². The molecular weight excluding hydrogens is 619 g/mol. The Morgan fingerprint density at radius 2 is 0.902 bits per heavy atom. The topological polar surface area (TPSA) is 30.7 Å². The van der Waals surface area contributed by atoms with E-state index in [9.17, 15) is 0 Å². The lowest BCUT2D eigenvalue weighted by atomic mass is 9.85. The van der Waals surface area contributed by atoms with Crippen molar-refractivity contribution >= 4 is 43.4 Å². The van der Waals surface area contributed by atoms with E-state index in [1.807, 2.05) is 24.3 Å². The van der Waals surface area contributed by atoms with Crippen LogP contribution in [0.4, 0.5) is 0 Å². The van der Waals surface area contributed by atoms with Crippen molar-refractivity contribution in [1.82, 2.24) is 14.5 Å². The molecule has 3 heteroatoms. The van der Waals surface area contributed by atoms with Gasteiger partial charge in [0.25, 0.3) is 0 Å². The van der Waals surface area contributed by atoms with Gasteiger partial charge in [-0.1, -0.05) is 146 Å². The fourth-order valence-corrected chi connectivity index (χ4v) is 7.67. The van der Waals surface area contributed by atoms with E-state index in [2.05, 4.69) is 168 Å². The van der Waals surface area contributed by atoms with Crippen LogP contribution in [0.1, 0.15) is 0 Å². The first kappa shape index (κ1) is 29.1. The fraction of sp³-hybridized carbons (Fsp3) is 0. The highest BCUT2D eigenvalue weighted by molar-refractivity contribution is 6.22. The Bertz CT molecular complexity index is 2850. The molecular formula is C48H31N3. The first-order valence-corrected chi connectivity index (χ1v) is 17.3. The van der Waals surface area contributed by atoms with Gasteiger partial charge in [-0.25, -0.2) is 9.97 Å². The number of para-hydroxylation sites is 1. The van der Waals surface area contributed by atoms with E-state index in [1.54, 1.807) is 0 Å². The molecule has 2 heterocycles. The van der Waals surface area contributed by atoms with E-state index in [0.29, 0.717) is 0 Å². The molecule has 0 bridgehead atoms. The first-order valence-electron chi connectivity index (χ1n) is 17.3. The van der Waals surface area contributed by atoms with E-state index in [0.717, 1.165) is 45.1 Å². The normalized spacial score (nSPS) is 11.5. The predicted molar refractivity (Wildman–Crippen MR) is 213 cm³/mol. The molecule has 238 valence electrons. The minimum absolute atomic E-state index is 0.812. The van der Waals surface area contributed by atoms with Crippen molar-refractivity contribution in [3.8, 4) is 50.7 Å². The molecule has 0 saturated heterocycles. The Labute approximate surface area is 295 Å². The summed E-state index contributed by atoms with van der Waals surface area (Å²) >= 11 is 0. The zero-order valence-corrected chi connectivity index (χ0v) is 27.7. The Balaban J connectivity index is 1.21. The minimum Gasteiger partial charge on any atom is -0.291 e. The molecule has 8 aromatic carbocycles. The molecule has 0 aliphatic rings. The average molecular weight is 650 g/mol. The van der Waals surface area contributed by atoms with E-state index in [1.165, 1.54) is 49.0 Å². The molecule has 0 N–H and O–H groups in total. The van der Waals surface area contributed by atoms with Crippen LogP contribution in [0.15, 0.2) is 188 Å². The van der Waals surface area contributed by atoms with Crippen LogP contribution in [-0.4, -0.2) is 14.5 Å². The molecule has 3 nitrogen and oxygen atoms in total. The van der Waals surface area contributed by atoms with Crippen molar-refractivity contribution in [2.45, 2.75) is 0 Å². The van der Waals surface area contributed by atoms with Crippen molar-refractivity contribution in [3.05, 3.63) is 188 Å². The van der Waals surface area contributed by atoms with E-state index in [-0.39, 0.29) is 0 Å². The van der Waals surface area contributed by atoms with Crippen molar-refractivity contribution in [2.24, 2.45) is 0 Å². The summed E-state index contributed by atoms with van der Waals surface area (Å²) in [6.45, 7) is 0. The third-order valence-electron chi connectivity index (χ3n) is 9.97. The number of imidazole rings is 1. The minimum atomic E-state index is 0.812. The Morgan fingerprint density at radius 1 is 0.353 bits per heavy atom. The van der Waals surface area contributed by atoms with Gasteiger partial charge in [-0.3, -0.25) is 4.57 Å². The van der Waals surface area contributed by atoms with Crippen LogP contribution in [0.5, 0.6) is 0 Å². The molecule has 0 unspecified atom stereocenters. The summed E-state index contributed by atoms with van der Waals surface area (Å²) in [6.07, 6.45) is 0. The second-order valence-electron chi connectivity index (χ2n) is 13.0. The number of pyridine rings is 1. The number of hydrogen-bond donors (Lipinski definition) is 0. The fourth-order valence-electron chi connectivity index (χ4n) is 7.67. The predicted octanol–water partition coefficient (Wildman–Crippen LogP) is 12.5. The molecule has 10 aromatic rings. The zero-order chi connectivity index (χ0) is 33.7.